The molecule has 0 rings (SSSR count). The van der Waals surface area contributed by atoms with Crippen molar-refractivity contribution >= 4 is 11.9 Å². The molecule has 2 atom stereocenters. The fourth-order valence-electron chi connectivity index (χ4n) is 8.05. The van der Waals surface area contributed by atoms with E-state index in [2.05, 4.69) is 19.2 Å². The predicted molar refractivity (Wildman–Crippen MR) is 250 cm³/mol. The largest absolute Gasteiger partial charge is 0.466 e. The van der Waals surface area contributed by atoms with E-state index in [9.17, 15) is 19.8 Å². The molecule has 6 heteroatoms. The van der Waals surface area contributed by atoms with Gasteiger partial charge in [-0.15, -0.1) is 0 Å². The van der Waals surface area contributed by atoms with Crippen molar-refractivity contribution in [1.29, 1.82) is 0 Å². The van der Waals surface area contributed by atoms with Crippen molar-refractivity contribution in [3.63, 3.8) is 0 Å². The number of allylic oxidation sites excluding steroid dienone is 1. The lowest BCUT2D eigenvalue weighted by atomic mass is 10.0. The summed E-state index contributed by atoms with van der Waals surface area (Å²) in [5.41, 5.74) is 0. The van der Waals surface area contributed by atoms with Crippen LogP contribution in [0.15, 0.2) is 12.2 Å². The lowest BCUT2D eigenvalue weighted by Gasteiger charge is -2.20. The molecule has 0 aromatic carbocycles. The summed E-state index contributed by atoms with van der Waals surface area (Å²) < 4.78 is 5.46. The molecule has 0 spiro atoms. The normalized spacial score (nSPS) is 12.7. The van der Waals surface area contributed by atoms with E-state index in [1.54, 1.807) is 6.08 Å². The van der Waals surface area contributed by atoms with Crippen LogP contribution >= 0.6 is 0 Å². The van der Waals surface area contributed by atoms with E-state index in [-0.39, 0.29) is 18.5 Å². The van der Waals surface area contributed by atoms with Crippen molar-refractivity contribution in [2.45, 2.75) is 296 Å². The summed E-state index contributed by atoms with van der Waals surface area (Å²) in [5, 5.41) is 23.0. The standard InChI is InChI=1S/C52H101NO5/c1-3-5-7-9-11-13-15-17-19-21-23-25-30-34-38-42-46-52(57)58-47-43-39-35-31-27-26-29-33-37-41-45-51(56)53-49(48-54)50(55)44-40-36-32-28-24-22-20-18-16-14-12-10-8-6-4-2/h40,44,49-50,54-55H,3-39,41-43,45-48H2,1-2H3,(H,53,56)/b44-40+. The van der Waals surface area contributed by atoms with Crippen LogP contribution in [0.3, 0.4) is 0 Å². The van der Waals surface area contributed by atoms with E-state index >= 15 is 0 Å². The molecule has 2 unspecified atom stereocenters. The monoisotopic (exact) mass is 820 g/mol. The van der Waals surface area contributed by atoms with Crippen molar-refractivity contribution in [1.82, 2.24) is 5.32 Å². The van der Waals surface area contributed by atoms with Crippen LogP contribution in [0.5, 0.6) is 0 Å². The SMILES string of the molecule is CCCCCCCCCCCCCCC/C=C/C(O)C(CO)NC(=O)CCCCCCCCCCCCOC(=O)CCCCCCCCCCCCCCCCCC. The quantitative estimate of drug-likeness (QED) is 0.0323. The summed E-state index contributed by atoms with van der Waals surface area (Å²) in [6.07, 6.45) is 54.9. The van der Waals surface area contributed by atoms with Crippen LogP contribution in [-0.2, 0) is 14.3 Å². The van der Waals surface area contributed by atoms with Crippen LogP contribution in [0.1, 0.15) is 284 Å². The van der Waals surface area contributed by atoms with Gasteiger partial charge in [0.25, 0.3) is 0 Å². The summed E-state index contributed by atoms with van der Waals surface area (Å²) in [4.78, 5) is 24.5. The Bertz CT molecular complexity index is 863. The van der Waals surface area contributed by atoms with Gasteiger partial charge in [-0.3, -0.25) is 9.59 Å². The number of ether oxygens (including phenoxy) is 1. The summed E-state index contributed by atoms with van der Waals surface area (Å²) in [6.45, 7) is 4.86. The second-order valence-corrected chi connectivity index (χ2v) is 17.9. The number of aliphatic hydroxyl groups excluding tert-OH is 2. The fraction of sp³-hybridized carbons (Fsp3) is 0.923. The number of amides is 1. The summed E-state index contributed by atoms with van der Waals surface area (Å²) in [7, 11) is 0. The first-order chi connectivity index (χ1) is 28.5. The van der Waals surface area contributed by atoms with Crippen LogP contribution < -0.4 is 5.32 Å². The highest BCUT2D eigenvalue weighted by Gasteiger charge is 2.18. The molecule has 0 aliphatic heterocycles. The predicted octanol–water partition coefficient (Wildman–Crippen LogP) is 15.3. The number of unbranched alkanes of at least 4 members (excludes halogenated alkanes) is 37. The van der Waals surface area contributed by atoms with Crippen molar-refractivity contribution in [3.05, 3.63) is 12.2 Å². The van der Waals surface area contributed by atoms with Crippen molar-refractivity contribution < 1.29 is 24.5 Å². The first kappa shape index (κ1) is 56.6. The van der Waals surface area contributed by atoms with Gasteiger partial charge in [0.15, 0.2) is 0 Å². The van der Waals surface area contributed by atoms with E-state index in [4.69, 9.17) is 4.74 Å². The molecule has 0 bridgehead atoms. The van der Waals surface area contributed by atoms with E-state index in [0.717, 1.165) is 57.8 Å². The van der Waals surface area contributed by atoms with Crippen LogP contribution in [0.25, 0.3) is 0 Å². The van der Waals surface area contributed by atoms with Gasteiger partial charge in [0.1, 0.15) is 0 Å². The zero-order valence-electron chi connectivity index (χ0n) is 39.0. The molecule has 0 saturated carbocycles. The molecule has 0 aromatic heterocycles. The summed E-state index contributed by atoms with van der Waals surface area (Å²) >= 11 is 0. The fourth-order valence-corrected chi connectivity index (χ4v) is 8.05. The van der Waals surface area contributed by atoms with Crippen molar-refractivity contribution in [3.8, 4) is 0 Å². The zero-order valence-corrected chi connectivity index (χ0v) is 39.0. The minimum atomic E-state index is -0.857. The molecule has 0 radical (unpaired) electrons. The first-order valence-corrected chi connectivity index (χ1v) is 26.0. The van der Waals surface area contributed by atoms with Gasteiger partial charge >= 0.3 is 5.97 Å². The number of aliphatic hydroxyl groups is 2. The highest BCUT2D eigenvalue weighted by Crippen LogP contribution is 2.16. The van der Waals surface area contributed by atoms with Crippen LogP contribution in [0.2, 0.25) is 0 Å². The molecule has 0 heterocycles. The maximum Gasteiger partial charge on any atom is 0.305 e. The molecule has 0 aromatic rings. The topological polar surface area (TPSA) is 95.9 Å². The summed E-state index contributed by atoms with van der Waals surface area (Å²) in [6, 6.07) is -0.643. The number of hydrogen-bond acceptors (Lipinski definition) is 5. The average Bonchev–Trinajstić information content (AvgIpc) is 3.22. The minimum Gasteiger partial charge on any atom is -0.466 e. The summed E-state index contributed by atoms with van der Waals surface area (Å²) in [5.74, 6) is -0.106. The third-order valence-corrected chi connectivity index (χ3v) is 12.1. The number of hydrogen-bond donors (Lipinski definition) is 3. The molecular formula is C52H101NO5. The smallest absolute Gasteiger partial charge is 0.305 e. The van der Waals surface area contributed by atoms with E-state index in [1.165, 1.54) is 199 Å². The molecule has 344 valence electrons. The lowest BCUT2D eigenvalue weighted by molar-refractivity contribution is -0.143. The van der Waals surface area contributed by atoms with E-state index in [0.29, 0.717) is 19.4 Å². The Morgan fingerprint density at radius 2 is 0.793 bits per heavy atom. The number of nitrogens with one attached hydrogen (secondary N) is 1. The molecule has 58 heavy (non-hydrogen) atoms. The Morgan fingerprint density at radius 3 is 1.17 bits per heavy atom. The Balaban J connectivity index is 3.49. The molecule has 0 aliphatic rings. The van der Waals surface area contributed by atoms with Crippen LogP contribution in [0.4, 0.5) is 0 Å². The molecule has 0 fully saturated rings. The maximum atomic E-state index is 12.4. The molecule has 6 nitrogen and oxygen atoms in total. The molecular weight excluding hydrogens is 719 g/mol. The van der Waals surface area contributed by atoms with Crippen LogP contribution in [0, 0.1) is 0 Å². The van der Waals surface area contributed by atoms with Crippen LogP contribution in [-0.4, -0.2) is 47.4 Å². The molecule has 3 N–H and O–H groups in total. The number of carbonyl (C=O) groups excluding carboxylic acids is 2. The third-order valence-electron chi connectivity index (χ3n) is 12.1. The van der Waals surface area contributed by atoms with Gasteiger partial charge in [-0.2, -0.15) is 0 Å². The van der Waals surface area contributed by atoms with Gasteiger partial charge in [0.05, 0.1) is 25.4 Å². The highest BCUT2D eigenvalue weighted by molar-refractivity contribution is 5.76. The van der Waals surface area contributed by atoms with Crippen molar-refractivity contribution in [2.75, 3.05) is 13.2 Å². The van der Waals surface area contributed by atoms with Gasteiger partial charge in [-0.1, -0.05) is 251 Å². The second-order valence-electron chi connectivity index (χ2n) is 17.9. The van der Waals surface area contributed by atoms with Crippen molar-refractivity contribution in [2.24, 2.45) is 0 Å². The Hall–Kier alpha value is -1.40. The van der Waals surface area contributed by atoms with Gasteiger partial charge in [0, 0.05) is 12.8 Å². The second kappa shape index (κ2) is 48.3. The Morgan fingerprint density at radius 1 is 0.466 bits per heavy atom. The van der Waals surface area contributed by atoms with Gasteiger partial charge < -0.3 is 20.3 Å². The minimum absolute atomic E-state index is 0.0172. The van der Waals surface area contributed by atoms with Gasteiger partial charge in [0.2, 0.25) is 5.91 Å². The zero-order chi connectivity index (χ0) is 42.3. The Kier molecular flexibility index (Phi) is 47.1. The van der Waals surface area contributed by atoms with Gasteiger partial charge in [-0.05, 0) is 32.1 Å². The first-order valence-electron chi connectivity index (χ1n) is 26.0. The third kappa shape index (κ3) is 44.2. The average molecular weight is 820 g/mol. The highest BCUT2D eigenvalue weighted by atomic mass is 16.5. The number of rotatable bonds is 48. The molecule has 0 saturated heterocycles. The van der Waals surface area contributed by atoms with E-state index in [1.807, 2.05) is 6.08 Å². The maximum absolute atomic E-state index is 12.4. The number of esters is 1. The van der Waals surface area contributed by atoms with Gasteiger partial charge in [-0.25, -0.2) is 0 Å². The Labute approximate surface area is 361 Å². The van der Waals surface area contributed by atoms with E-state index < -0.39 is 12.1 Å². The molecule has 1 amide bonds. The molecule has 0 aliphatic carbocycles. The number of carbonyl (C=O) groups is 2. The lowest BCUT2D eigenvalue weighted by Crippen LogP contribution is -2.45.